The lowest BCUT2D eigenvalue weighted by molar-refractivity contribution is -0.126. The Hall–Kier alpha value is -2.78. The maximum Gasteiger partial charge on any atom is 0.253 e. The number of fused-ring (bicyclic) bond motifs is 1. The van der Waals surface area contributed by atoms with Gasteiger partial charge < -0.3 is 24.6 Å². The molecular weight excluding hydrogens is 386 g/mol. The average Bonchev–Trinajstić information content (AvgIpc) is 3.30. The van der Waals surface area contributed by atoms with Crippen molar-refractivity contribution in [3.63, 3.8) is 0 Å². The minimum atomic E-state index is -0.940. The molecule has 1 amide bonds. The second-order valence-electron chi connectivity index (χ2n) is 6.69. The van der Waals surface area contributed by atoms with Gasteiger partial charge in [0, 0.05) is 6.07 Å². The second kappa shape index (κ2) is 9.15. The molecule has 2 N–H and O–H groups in total. The van der Waals surface area contributed by atoms with Crippen molar-refractivity contribution in [2.24, 2.45) is 0 Å². The van der Waals surface area contributed by atoms with E-state index in [1.165, 1.54) is 25.4 Å². The van der Waals surface area contributed by atoms with Gasteiger partial charge in [0.15, 0.2) is 11.6 Å². The number of aliphatic hydroxyl groups excluding tert-OH is 1. The molecule has 0 radical (unpaired) electrons. The highest BCUT2D eigenvalue weighted by atomic mass is 19.2. The number of nitrogens with zero attached hydrogens (tertiary/aromatic N) is 1. The van der Waals surface area contributed by atoms with E-state index in [9.17, 15) is 18.7 Å². The Balaban J connectivity index is 0.000000204. The lowest BCUT2D eigenvalue weighted by Crippen LogP contribution is -2.27. The van der Waals surface area contributed by atoms with Gasteiger partial charge in [0.2, 0.25) is 5.82 Å². The quantitative estimate of drug-likeness (QED) is 0.812. The number of ether oxygens (including phenoxy) is 3. The average molecular weight is 408 g/mol. The van der Waals surface area contributed by atoms with Crippen LogP contribution in [0, 0.1) is 11.6 Å². The molecule has 0 saturated carbocycles. The summed E-state index contributed by atoms with van der Waals surface area (Å²) in [5.41, 5.74) is 1.07. The molecule has 2 aliphatic heterocycles. The van der Waals surface area contributed by atoms with Gasteiger partial charge in [-0.2, -0.15) is 4.39 Å². The first kappa shape index (κ1) is 20.9. The van der Waals surface area contributed by atoms with Crippen molar-refractivity contribution in [2.75, 3.05) is 19.0 Å². The monoisotopic (exact) mass is 408 g/mol. The second-order valence-corrected chi connectivity index (χ2v) is 6.69. The number of hydrogen-bond acceptors (Lipinski definition) is 6. The number of halogens is 2. The van der Waals surface area contributed by atoms with Crippen LogP contribution in [0.3, 0.4) is 0 Å². The Kier molecular flexibility index (Phi) is 6.60. The standard InChI is InChI=1S/C13H16N2O4.C7H6F2O/c1-7-2-3-10(19-7)13(17)15-8-4-11-12(14-5-8)9(16)6-18-11;1-10-6-4-2-3-5(8)7(6)9/h4-5,7,9-10,16H,2-3,6H2,1H3,(H,15,17);2-4H,1H3. The van der Waals surface area contributed by atoms with E-state index in [1.807, 2.05) is 6.92 Å². The maximum absolute atomic E-state index is 12.5. The highest BCUT2D eigenvalue weighted by molar-refractivity contribution is 5.94. The van der Waals surface area contributed by atoms with Crippen molar-refractivity contribution >= 4 is 11.6 Å². The van der Waals surface area contributed by atoms with Gasteiger partial charge in [-0.05, 0) is 31.9 Å². The summed E-state index contributed by atoms with van der Waals surface area (Å²) in [6.45, 7) is 2.17. The van der Waals surface area contributed by atoms with E-state index in [0.717, 1.165) is 18.9 Å². The number of amides is 1. The molecule has 7 nitrogen and oxygen atoms in total. The third-order valence-electron chi connectivity index (χ3n) is 4.52. The van der Waals surface area contributed by atoms with Gasteiger partial charge in [-0.15, -0.1) is 0 Å². The topological polar surface area (TPSA) is 89.9 Å². The Labute approximate surface area is 166 Å². The van der Waals surface area contributed by atoms with Crippen LogP contribution in [-0.4, -0.2) is 41.9 Å². The Bertz CT molecular complexity index is 880. The number of aromatic nitrogens is 1. The van der Waals surface area contributed by atoms with Crippen molar-refractivity contribution < 1.29 is 32.9 Å². The summed E-state index contributed by atoms with van der Waals surface area (Å²) in [6, 6.07) is 5.46. The normalized spacial score (nSPS) is 22.2. The highest BCUT2D eigenvalue weighted by Gasteiger charge is 2.29. The van der Waals surface area contributed by atoms with Crippen LogP contribution in [-0.2, 0) is 9.53 Å². The van der Waals surface area contributed by atoms with Crippen LogP contribution in [0.4, 0.5) is 14.5 Å². The van der Waals surface area contributed by atoms with Gasteiger partial charge >= 0.3 is 0 Å². The molecule has 2 aliphatic rings. The van der Waals surface area contributed by atoms with Crippen LogP contribution in [0.1, 0.15) is 31.6 Å². The van der Waals surface area contributed by atoms with Gasteiger partial charge in [-0.1, -0.05) is 6.07 Å². The van der Waals surface area contributed by atoms with E-state index in [1.54, 1.807) is 6.07 Å². The van der Waals surface area contributed by atoms with E-state index in [4.69, 9.17) is 9.47 Å². The Morgan fingerprint density at radius 1 is 1.34 bits per heavy atom. The van der Waals surface area contributed by atoms with E-state index in [0.29, 0.717) is 17.1 Å². The molecule has 2 aromatic rings. The van der Waals surface area contributed by atoms with Crippen molar-refractivity contribution in [2.45, 2.75) is 38.1 Å². The number of rotatable bonds is 3. The molecular formula is C20H22F2N2O5. The molecule has 3 unspecified atom stereocenters. The largest absolute Gasteiger partial charge is 0.494 e. The first-order chi connectivity index (χ1) is 13.9. The fourth-order valence-electron chi connectivity index (χ4n) is 3.00. The number of hydrogen-bond donors (Lipinski definition) is 2. The van der Waals surface area contributed by atoms with Gasteiger partial charge in [0.05, 0.1) is 25.1 Å². The zero-order valence-electron chi connectivity index (χ0n) is 16.0. The molecule has 9 heteroatoms. The van der Waals surface area contributed by atoms with Gasteiger partial charge in [-0.25, -0.2) is 4.39 Å². The number of benzene rings is 1. The third kappa shape index (κ3) is 4.99. The molecule has 0 bridgehead atoms. The zero-order chi connectivity index (χ0) is 21.0. The van der Waals surface area contributed by atoms with Crippen molar-refractivity contribution in [1.82, 2.24) is 4.98 Å². The van der Waals surface area contributed by atoms with E-state index in [-0.39, 0.29) is 24.4 Å². The molecule has 1 fully saturated rings. The highest BCUT2D eigenvalue weighted by Crippen LogP contribution is 2.32. The van der Waals surface area contributed by atoms with E-state index < -0.39 is 23.8 Å². The van der Waals surface area contributed by atoms with Crippen LogP contribution in [0.15, 0.2) is 30.5 Å². The molecule has 3 heterocycles. The minimum absolute atomic E-state index is 0.0694. The van der Waals surface area contributed by atoms with Crippen molar-refractivity contribution in [3.8, 4) is 11.5 Å². The van der Waals surface area contributed by atoms with Gasteiger partial charge in [0.1, 0.15) is 30.3 Å². The summed E-state index contributed by atoms with van der Waals surface area (Å²) in [6.07, 6.45) is 2.21. The first-order valence-corrected chi connectivity index (χ1v) is 9.14. The number of aliphatic hydroxyl groups is 1. The number of carbonyl (C=O) groups is 1. The maximum atomic E-state index is 12.5. The SMILES string of the molecule is CC1CCC(C(=O)Nc2cnc3c(c2)OCC3O)O1.COc1cccc(F)c1F. The lowest BCUT2D eigenvalue weighted by Gasteiger charge is -2.12. The van der Waals surface area contributed by atoms with Crippen LogP contribution >= 0.6 is 0 Å². The Morgan fingerprint density at radius 2 is 2.14 bits per heavy atom. The van der Waals surface area contributed by atoms with Crippen LogP contribution in [0.2, 0.25) is 0 Å². The van der Waals surface area contributed by atoms with Crippen LogP contribution < -0.4 is 14.8 Å². The molecule has 1 aromatic carbocycles. The predicted molar refractivity (Wildman–Crippen MR) is 99.8 cm³/mol. The molecule has 1 aromatic heterocycles. The molecule has 156 valence electrons. The molecule has 3 atom stereocenters. The Morgan fingerprint density at radius 3 is 2.79 bits per heavy atom. The summed E-state index contributed by atoms with van der Waals surface area (Å²) in [4.78, 5) is 16.1. The molecule has 0 aliphatic carbocycles. The van der Waals surface area contributed by atoms with E-state index in [2.05, 4.69) is 15.0 Å². The predicted octanol–water partition coefficient (Wildman–Crippen LogP) is 2.99. The first-order valence-electron chi connectivity index (χ1n) is 9.14. The molecule has 4 rings (SSSR count). The smallest absolute Gasteiger partial charge is 0.253 e. The summed E-state index contributed by atoms with van der Waals surface area (Å²) < 4.78 is 40.1. The summed E-state index contributed by atoms with van der Waals surface area (Å²) in [5.74, 6) is -1.54. The minimum Gasteiger partial charge on any atom is -0.494 e. The zero-order valence-corrected chi connectivity index (χ0v) is 16.0. The number of methoxy groups -OCH3 is 1. The van der Waals surface area contributed by atoms with E-state index >= 15 is 0 Å². The number of carbonyl (C=O) groups excluding carboxylic acids is 1. The summed E-state index contributed by atoms with van der Waals surface area (Å²) >= 11 is 0. The van der Waals surface area contributed by atoms with Crippen LogP contribution in [0.25, 0.3) is 0 Å². The molecule has 29 heavy (non-hydrogen) atoms. The van der Waals surface area contributed by atoms with Crippen LogP contribution in [0.5, 0.6) is 11.5 Å². The van der Waals surface area contributed by atoms with Gasteiger partial charge in [0.25, 0.3) is 5.91 Å². The van der Waals surface area contributed by atoms with Crippen molar-refractivity contribution in [3.05, 3.63) is 47.8 Å². The fraction of sp³-hybridized carbons (Fsp3) is 0.400. The van der Waals surface area contributed by atoms with Gasteiger partial charge in [-0.3, -0.25) is 9.78 Å². The number of anilines is 1. The third-order valence-corrected chi connectivity index (χ3v) is 4.52. The number of pyridine rings is 1. The number of nitrogens with one attached hydrogen (secondary N) is 1. The summed E-state index contributed by atoms with van der Waals surface area (Å²) in [7, 11) is 1.29. The summed E-state index contributed by atoms with van der Waals surface area (Å²) in [5, 5.41) is 12.3. The molecule has 0 spiro atoms. The lowest BCUT2D eigenvalue weighted by atomic mass is 10.2. The van der Waals surface area contributed by atoms with Crippen molar-refractivity contribution in [1.29, 1.82) is 0 Å². The fourth-order valence-corrected chi connectivity index (χ4v) is 3.00. The molecule has 1 saturated heterocycles.